The fourth-order valence-corrected chi connectivity index (χ4v) is 8.97. The van der Waals surface area contributed by atoms with Gasteiger partial charge in [0.05, 0.1) is 43.1 Å². The van der Waals surface area contributed by atoms with Crippen LogP contribution in [0.4, 0.5) is 9.18 Å². The smallest absolute Gasteiger partial charge is 0.410 e. The Morgan fingerprint density at radius 1 is 1.12 bits per heavy atom. The minimum atomic E-state index is -3.06. The van der Waals surface area contributed by atoms with Crippen molar-refractivity contribution in [3.05, 3.63) is 12.7 Å². The monoisotopic (exact) mass is 679 g/mol. The van der Waals surface area contributed by atoms with Crippen molar-refractivity contribution >= 4 is 23.6 Å². The number of ketones is 1. The first-order chi connectivity index (χ1) is 22.3. The van der Waals surface area contributed by atoms with Crippen LogP contribution in [0.25, 0.3) is 0 Å². The zero-order valence-corrected chi connectivity index (χ0v) is 30.5. The van der Waals surface area contributed by atoms with Crippen molar-refractivity contribution in [3.63, 3.8) is 0 Å². The molecule has 0 aromatic heterocycles. The first kappa shape index (κ1) is 38.4. The lowest BCUT2D eigenvalue weighted by molar-refractivity contribution is -0.210. The Kier molecular flexibility index (Phi) is 11.6. The molecule has 272 valence electrons. The molecular weight excluding hydrogens is 621 g/mol. The second-order valence-corrected chi connectivity index (χ2v) is 15.5. The third kappa shape index (κ3) is 6.96. The van der Waals surface area contributed by atoms with E-state index in [2.05, 4.69) is 13.5 Å². The van der Waals surface area contributed by atoms with Crippen molar-refractivity contribution in [1.29, 1.82) is 0 Å². The Morgan fingerprint density at radius 3 is 2.40 bits per heavy atom. The van der Waals surface area contributed by atoms with Crippen LogP contribution < -0.4 is 0 Å². The van der Waals surface area contributed by atoms with Crippen LogP contribution >= 0.6 is 0 Å². The second-order valence-electron chi connectivity index (χ2n) is 15.5. The van der Waals surface area contributed by atoms with Crippen LogP contribution in [0, 0.1) is 23.7 Å². The maximum Gasteiger partial charge on any atom is 0.410 e. The van der Waals surface area contributed by atoms with E-state index < -0.39 is 71.1 Å². The third-order valence-electron chi connectivity index (χ3n) is 11.4. The van der Waals surface area contributed by atoms with Gasteiger partial charge in [-0.05, 0) is 72.4 Å². The number of halogens is 1. The molecule has 0 aromatic carbocycles. The molecule has 11 nitrogen and oxygen atoms in total. The molecule has 0 spiro atoms. The molecule has 4 rings (SSSR count). The molecule has 1 aliphatic carbocycles. The highest BCUT2D eigenvalue weighted by molar-refractivity contribution is 6.08. The maximum absolute atomic E-state index is 16.7. The maximum atomic E-state index is 16.7. The number of aliphatic hydroxyl groups is 1. The largest absolute Gasteiger partial charge is 0.455 e. The highest BCUT2D eigenvalue weighted by Crippen LogP contribution is 2.44. The highest BCUT2D eigenvalue weighted by Gasteiger charge is 2.61. The quantitative estimate of drug-likeness (QED) is 0.237. The van der Waals surface area contributed by atoms with E-state index >= 15 is 4.39 Å². The second kappa shape index (κ2) is 14.4. The fourth-order valence-electron chi connectivity index (χ4n) is 8.97. The number of rotatable bonds is 7. The molecule has 0 aromatic rings. The highest BCUT2D eigenvalue weighted by atomic mass is 19.1. The van der Waals surface area contributed by atoms with E-state index in [9.17, 15) is 19.5 Å². The molecule has 4 aliphatic rings. The number of hydrogen-bond acceptors (Lipinski definition) is 10. The summed E-state index contributed by atoms with van der Waals surface area (Å²) in [6.45, 7) is 18.5. The zero-order valence-electron chi connectivity index (χ0n) is 30.5. The molecule has 13 atom stereocenters. The first-order valence-corrected chi connectivity index (χ1v) is 17.6. The summed E-state index contributed by atoms with van der Waals surface area (Å²) < 4.78 is 41.9. The Hall–Kier alpha value is -2.41. The summed E-state index contributed by atoms with van der Waals surface area (Å²) in [5.41, 5.74) is -4.78. The number of ether oxygens (including phenoxy) is 4. The predicted octanol–water partition coefficient (Wildman–Crippen LogP) is 4.39. The number of aliphatic hydroxyl groups excluding tert-OH is 1. The van der Waals surface area contributed by atoms with E-state index in [1.807, 2.05) is 39.8 Å². The minimum Gasteiger partial charge on any atom is -0.455 e. The first-order valence-electron chi connectivity index (χ1n) is 17.6. The van der Waals surface area contributed by atoms with Crippen molar-refractivity contribution < 1.29 is 42.8 Å². The average Bonchev–Trinajstić information content (AvgIpc) is 3.14. The van der Waals surface area contributed by atoms with Crippen molar-refractivity contribution in [3.8, 4) is 0 Å². The van der Waals surface area contributed by atoms with Gasteiger partial charge in [0, 0.05) is 30.1 Å². The Bertz CT molecular complexity index is 1260. The van der Waals surface area contributed by atoms with E-state index in [0.29, 0.717) is 25.9 Å². The Morgan fingerprint density at radius 2 is 1.79 bits per heavy atom. The summed E-state index contributed by atoms with van der Waals surface area (Å²) in [6, 6.07) is -0.756. The standard InChI is InChI=1S/C36H58FN3O8/c1-12-16-45-34(7)19-21(4)27-22(5)29-36(9,48-33(44)40(29)15-14-38-27)26(13-2)47-32(43)35(8,37)30(42)23(6)31(34)46-25-18-20(3)17-24(28(25)41)39(10)11/h12,20-26,28-29,31,41H,1,13-19H2,2-11H3/t20-,21-,22+,23+,24+,25-,26-,28-,29-,31-,34+,35?,36-/m1/s1. The molecule has 2 bridgehead atoms. The van der Waals surface area contributed by atoms with Crippen LogP contribution in [-0.4, -0.2) is 126 Å². The molecule has 12 heteroatoms. The Labute approximate surface area is 285 Å². The van der Waals surface area contributed by atoms with Crippen LogP contribution in [-0.2, 0) is 28.5 Å². The lowest BCUT2D eigenvalue weighted by atomic mass is 9.72. The summed E-state index contributed by atoms with van der Waals surface area (Å²) in [5.74, 6) is -3.93. The van der Waals surface area contributed by atoms with Crippen LogP contribution in [0.2, 0.25) is 0 Å². The zero-order chi connectivity index (χ0) is 35.9. The molecule has 48 heavy (non-hydrogen) atoms. The van der Waals surface area contributed by atoms with Crippen LogP contribution in [0.1, 0.15) is 81.1 Å². The fraction of sp³-hybridized carbons (Fsp3) is 0.833. The van der Waals surface area contributed by atoms with Gasteiger partial charge in [-0.25, -0.2) is 14.0 Å². The SMILES string of the molecule is C=CCO[C@@]1(C)C[C@@H](C)C2=NCCN3C(=O)O[C@](C)([C@@H](CC)OC(=O)C(C)(F)C(=O)[C@H](C)[C@H]1O[C@@H]1C[C@H](C)C[C@H](N(C)C)[C@H]1O)[C@H]3[C@H]2C. The number of fused-ring (bicyclic) bond motifs is 1. The molecule has 3 heterocycles. The predicted molar refractivity (Wildman–Crippen MR) is 180 cm³/mol. The number of Topliss-reactive ketones (excluding diaryl/α,β-unsaturated/α-hetero) is 1. The number of amides is 1. The summed E-state index contributed by atoms with van der Waals surface area (Å²) in [5, 5.41) is 11.5. The van der Waals surface area contributed by atoms with Crippen molar-refractivity contribution in [1.82, 2.24) is 9.80 Å². The van der Waals surface area contributed by atoms with Crippen LogP contribution in [0.3, 0.4) is 0 Å². The van der Waals surface area contributed by atoms with Gasteiger partial charge in [0.15, 0.2) is 11.4 Å². The summed E-state index contributed by atoms with van der Waals surface area (Å²) >= 11 is 0. The van der Waals surface area contributed by atoms with E-state index in [1.54, 1.807) is 31.7 Å². The molecule has 3 aliphatic heterocycles. The normalized spacial score (nSPS) is 44.4. The average molecular weight is 680 g/mol. The van der Waals surface area contributed by atoms with Gasteiger partial charge in [-0.1, -0.05) is 40.7 Å². The summed E-state index contributed by atoms with van der Waals surface area (Å²) in [4.78, 5) is 49.8. The number of nitrogens with zero attached hydrogens (tertiary/aromatic N) is 3. The Balaban J connectivity index is 1.88. The van der Waals surface area contributed by atoms with Gasteiger partial charge in [0.1, 0.15) is 6.10 Å². The molecule has 1 saturated carbocycles. The lowest BCUT2D eigenvalue weighted by Crippen LogP contribution is -2.61. The molecule has 2 saturated heterocycles. The van der Waals surface area contributed by atoms with E-state index in [0.717, 1.165) is 19.1 Å². The molecule has 1 amide bonds. The number of esters is 1. The number of carbonyl (C=O) groups excluding carboxylic acids is 3. The summed E-state index contributed by atoms with van der Waals surface area (Å²) in [6.07, 6.45) is -0.798. The van der Waals surface area contributed by atoms with E-state index in [4.69, 9.17) is 23.9 Å². The topological polar surface area (TPSA) is 127 Å². The molecule has 1 N–H and O–H groups in total. The van der Waals surface area contributed by atoms with E-state index in [-0.39, 0.29) is 36.8 Å². The number of likely N-dealkylation sites (N-methyl/N-ethyl adjacent to an activating group) is 1. The number of carbonyl (C=O) groups is 3. The van der Waals surface area contributed by atoms with Gasteiger partial charge in [-0.15, -0.1) is 6.58 Å². The van der Waals surface area contributed by atoms with Crippen molar-refractivity contribution in [2.45, 2.75) is 134 Å². The number of hydrogen-bond donors (Lipinski definition) is 1. The van der Waals surface area contributed by atoms with E-state index in [1.165, 1.54) is 0 Å². The number of cyclic esters (lactones) is 1. The lowest BCUT2D eigenvalue weighted by Gasteiger charge is -2.48. The van der Waals surface area contributed by atoms with Gasteiger partial charge in [0.25, 0.3) is 5.67 Å². The van der Waals surface area contributed by atoms with Crippen LogP contribution in [0.15, 0.2) is 17.6 Å². The molecule has 1 unspecified atom stereocenters. The van der Waals surface area contributed by atoms with Gasteiger partial charge in [-0.3, -0.25) is 14.7 Å². The van der Waals surface area contributed by atoms with Gasteiger partial charge >= 0.3 is 12.1 Å². The molecule has 0 radical (unpaired) electrons. The number of alkyl halides is 1. The molecule has 3 fully saturated rings. The van der Waals surface area contributed by atoms with Gasteiger partial charge < -0.3 is 29.0 Å². The van der Waals surface area contributed by atoms with Crippen molar-refractivity contribution in [2.24, 2.45) is 28.7 Å². The van der Waals surface area contributed by atoms with Crippen molar-refractivity contribution in [2.75, 3.05) is 33.8 Å². The number of aliphatic imine (C=N–C) groups is 1. The van der Waals surface area contributed by atoms with Crippen LogP contribution in [0.5, 0.6) is 0 Å². The minimum absolute atomic E-state index is 0.111. The summed E-state index contributed by atoms with van der Waals surface area (Å²) in [7, 11) is 3.81. The van der Waals surface area contributed by atoms with Gasteiger partial charge in [0.2, 0.25) is 0 Å². The molecular formula is C36H58FN3O8. The third-order valence-corrected chi connectivity index (χ3v) is 11.4. The van der Waals surface area contributed by atoms with Gasteiger partial charge in [-0.2, -0.15) is 0 Å².